The van der Waals surface area contributed by atoms with Gasteiger partial charge in [0.05, 0.1) is 0 Å². The second-order valence-electron chi connectivity index (χ2n) is 4.06. The van der Waals surface area contributed by atoms with Crippen LogP contribution in [0.5, 0.6) is 0 Å². The molecular formula is C11H22. The topological polar surface area (TPSA) is 0 Å². The molecule has 66 valence electrons. The molecule has 0 aromatic heterocycles. The summed E-state index contributed by atoms with van der Waals surface area (Å²) in [7, 11) is 0. The van der Waals surface area contributed by atoms with Crippen molar-refractivity contribution >= 4 is 0 Å². The molecule has 2 fully saturated rings. The molecule has 0 heterocycles. The molecular weight excluding hydrogens is 132 g/mol. The zero-order valence-corrected chi connectivity index (χ0v) is 8.48. The maximum Gasteiger partial charge on any atom is -0.0263 e. The Balaban J connectivity index is 0.000000281. The SMILES string of the molecule is CC.CC[C@@H](C)C1CC12CC2. The van der Waals surface area contributed by atoms with Crippen molar-refractivity contribution in [3.63, 3.8) is 0 Å². The van der Waals surface area contributed by atoms with E-state index in [-0.39, 0.29) is 0 Å². The zero-order chi connectivity index (χ0) is 8.48. The van der Waals surface area contributed by atoms with Crippen LogP contribution >= 0.6 is 0 Å². The third-order valence-electron chi connectivity index (χ3n) is 3.48. The summed E-state index contributed by atoms with van der Waals surface area (Å²) >= 11 is 0. The molecule has 2 aliphatic rings. The fraction of sp³-hybridized carbons (Fsp3) is 1.00. The lowest BCUT2D eigenvalue weighted by atomic mass is 10.0. The first kappa shape index (κ1) is 9.09. The molecule has 0 aliphatic heterocycles. The predicted octanol–water partition coefficient (Wildman–Crippen LogP) is 3.86. The number of hydrogen-bond acceptors (Lipinski definition) is 0. The molecule has 0 aromatic carbocycles. The van der Waals surface area contributed by atoms with Gasteiger partial charge in [0, 0.05) is 0 Å². The standard InChI is InChI=1S/C9H16.C2H6/c1-3-7(2)8-6-9(8)4-5-9;1-2/h7-8H,3-6H2,1-2H3;1-2H3/t7-,8?;/m1./s1. The van der Waals surface area contributed by atoms with E-state index in [0.717, 1.165) is 17.3 Å². The Morgan fingerprint density at radius 2 is 1.91 bits per heavy atom. The van der Waals surface area contributed by atoms with Crippen LogP contribution in [0.1, 0.15) is 53.4 Å². The average Bonchev–Trinajstić information content (AvgIpc) is 2.96. The number of rotatable bonds is 2. The van der Waals surface area contributed by atoms with E-state index in [1.165, 1.54) is 6.42 Å². The van der Waals surface area contributed by atoms with Crippen LogP contribution in [-0.2, 0) is 0 Å². The van der Waals surface area contributed by atoms with Crippen molar-refractivity contribution in [2.24, 2.45) is 17.3 Å². The van der Waals surface area contributed by atoms with Crippen LogP contribution in [0.4, 0.5) is 0 Å². The normalized spacial score (nSPS) is 32.2. The van der Waals surface area contributed by atoms with Gasteiger partial charge in [-0.1, -0.05) is 34.1 Å². The van der Waals surface area contributed by atoms with Gasteiger partial charge < -0.3 is 0 Å². The maximum atomic E-state index is 2.41. The second kappa shape index (κ2) is 3.16. The molecule has 1 unspecified atom stereocenters. The van der Waals surface area contributed by atoms with Crippen molar-refractivity contribution in [2.45, 2.75) is 53.4 Å². The smallest absolute Gasteiger partial charge is 0.0263 e. The molecule has 11 heavy (non-hydrogen) atoms. The molecule has 0 radical (unpaired) electrons. The zero-order valence-electron chi connectivity index (χ0n) is 8.48. The van der Waals surface area contributed by atoms with Crippen LogP contribution in [0.15, 0.2) is 0 Å². The fourth-order valence-corrected chi connectivity index (χ4v) is 2.20. The van der Waals surface area contributed by atoms with E-state index in [1.807, 2.05) is 13.8 Å². The predicted molar refractivity (Wildman–Crippen MR) is 50.6 cm³/mol. The molecule has 0 heteroatoms. The average molecular weight is 154 g/mol. The molecule has 0 aromatic rings. The minimum Gasteiger partial charge on any atom is -0.0683 e. The van der Waals surface area contributed by atoms with Crippen molar-refractivity contribution in [1.82, 2.24) is 0 Å². The largest absolute Gasteiger partial charge is 0.0683 e. The summed E-state index contributed by atoms with van der Waals surface area (Å²) in [5.74, 6) is 2.16. The van der Waals surface area contributed by atoms with E-state index in [0.29, 0.717) is 0 Å². The Morgan fingerprint density at radius 1 is 1.36 bits per heavy atom. The van der Waals surface area contributed by atoms with Crippen LogP contribution in [0.25, 0.3) is 0 Å². The highest BCUT2D eigenvalue weighted by atomic mass is 14.7. The monoisotopic (exact) mass is 154 g/mol. The Kier molecular flexibility index (Phi) is 2.61. The molecule has 1 spiro atoms. The van der Waals surface area contributed by atoms with Crippen LogP contribution in [0.2, 0.25) is 0 Å². The Bertz CT molecular complexity index is 122. The van der Waals surface area contributed by atoms with E-state index in [9.17, 15) is 0 Å². The van der Waals surface area contributed by atoms with Crippen LogP contribution in [0.3, 0.4) is 0 Å². The van der Waals surface area contributed by atoms with Gasteiger partial charge in [-0.15, -0.1) is 0 Å². The third-order valence-corrected chi connectivity index (χ3v) is 3.48. The van der Waals surface area contributed by atoms with Gasteiger partial charge in [-0.2, -0.15) is 0 Å². The Labute approximate surface area is 71.4 Å². The molecule has 2 aliphatic carbocycles. The van der Waals surface area contributed by atoms with Gasteiger partial charge in [0.25, 0.3) is 0 Å². The maximum absolute atomic E-state index is 2.41. The highest BCUT2D eigenvalue weighted by molar-refractivity contribution is 5.13. The van der Waals surface area contributed by atoms with Gasteiger partial charge in [-0.25, -0.2) is 0 Å². The lowest BCUT2D eigenvalue weighted by molar-refractivity contribution is 0.455. The molecule has 2 rings (SSSR count). The Hall–Kier alpha value is 0. The minimum atomic E-state index is 0.940. The number of hydrogen-bond donors (Lipinski definition) is 0. The highest BCUT2D eigenvalue weighted by Gasteiger charge is 2.63. The first-order valence-electron chi connectivity index (χ1n) is 5.28. The van der Waals surface area contributed by atoms with Gasteiger partial charge in [-0.3, -0.25) is 0 Å². The van der Waals surface area contributed by atoms with Crippen molar-refractivity contribution in [1.29, 1.82) is 0 Å². The van der Waals surface area contributed by atoms with Gasteiger partial charge in [0.15, 0.2) is 0 Å². The van der Waals surface area contributed by atoms with Gasteiger partial charge in [0.2, 0.25) is 0 Å². The fourth-order valence-electron chi connectivity index (χ4n) is 2.20. The second-order valence-corrected chi connectivity index (χ2v) is 4.06. The lowest BCUT2D eigenvalue weighted by Crippen LogP contribution is -1.96. The van der Waals surface area contributed by atoms with Crippen molar-refractivity contribution in [3.8, 4) is 0 Å². The van der Waals surface area contributed by atoms with Gasteiger partial charge in [0.1, 0.15) is 0 Å². The van der Waals surface area contributed by atoms with E-state index >= 15 is 0 Å². The summed E-state index contributed by atoms with van der Waals surface area (Å²) in [6, 6.07) is 0. The van der Waals surface area contributed by atoms with E-state index in [4.69, 9.17) is 0 Å². The molecule has 0 saturated heterocycles. The van der Waals surface area contributed by atoms with Crippen molar-refractivity contribution in [3.05, 3.63) is 0 Å². The summed E-state index contributed by atoms with van der Waals surface area (Å²) in [4.78, 5) is 0. The molecule has 0 N–H and O–H groups in total. The molecule has 2 atom stereocenters. The summed E-state index contributed by atoms with van der Waals surface area (Å²) < 4.78 is 0. The van der Waals surface area contributed by atoms with Crippen LogP contribution < -0.4 is 0 Å². The first-order chi connectivity index (χ1) is 5.28. The van der Waals surface area contributed by atoms with E-state index in [2.05, 4.69) is 13.8 Å². The third kappa shape index (κ3) is 1.60. The molecule has 0 nitrogen and oxygen atoms in total. The first-order valence-corrected chi connectivity index (χ1v) is 5.28. The highest BCUT2D eigenvalue weighted by Crippen LogP contribution is 2.73. The summed E-state index contributed by atoms with van der Waals surface area (Å²) in [6.45, 7) is 8.73. The van der Waals surface area contributed by atoms with Gasteiger partial charge >= 0.3 is 0 Å². The van der Waals surface area contributed by atoms with Gasteiger partial charge in [-0.05, 0) is 36.5 Å². The van der Waals surface area contributed by atoms with Crippen molar-refractivity contribution < 1.29 is 0 Å². The quantitative estimate of drug-likeness (QED) is 0.566. The summed E-state index contributed by atoms with van der Waals surface area (Å²) in [5, 5.41) is 0. The van der Waals surface area contributed by atoms with Crippen LogP contribution in [0, 0.1) is 17.3 Å². The van der Waals surface area contributed by atoms with E-state index in [1.54, 1.807) is 19.3 Å². The summed E-state index contributed by atoms with van der Waals surface area (Å²) in [6.07, 6.45) is 6.08. The van der Waals surface area contributed by atoms with Crippen molar-refractivity contribution in [2.75, 3.05) is 0 Å². The molecule has 2 saturated carbocycles. The molecule has 0 bridgehead atoms. The lowest BCUT2D eigenvalue weighted by Gasteiger charge is -2.04. The minimum absolute atomic E-state index is 0.940. The Morgan fingerprint density at radius 3 is 2.18 bits per heavy atom. The van der Waals surface area contributed by atoms with Crippen LogP contribution in [-0.4, -0.2) is 0 Å². The van der Waals surface area contributed by atoms with E-state index < -0.39 is 0 Å². The summed E-state index contributed by atoms with van der Waals surface area (Å²) in [5.41, 5.74) is 0.940. The molecule has 0 amide bonds.